The average Bonchev–Trinajstić information content (AvgIpc) is 3.25. The summed E-state index contributed by atoms with van der Waals surface area (Å²) in [7, 11) is 1.57. The molecule has 2 aromatic carbocycles. The number of halogens is 1. The predicted octanol–water partition coefficient (Wildman–Crippen LogP) is 3.22. The predicted molar refractivity (Wildman–Crippen MR) is 123 cm³/mol. The summed E-state index contributed by atoms with van der Waals surface area (Å²) in [5, 5.41) is 3.83. The number of nitrogens with one attached hydrogen (secondary N) is 1. The summed E-state index contributed by atoms with van der Waals surface area (Å²) in [6, 6.07) is 10.5. The van der Waals surface area contributed by atoms with Gasteiger partial charge in [0.05, 0.1) is 29.3 Å². The van der Waals surface area contributed by atoms with Gasteiger partial charge in [-0.1, -0.05) is 29.4 Å². The minimum atomic E-state index is -0.485. The van der Waals surface area contributed by atoms with Gasteiger partial charge in [-0.3, -0.25) is 14.2 Å². The standard InChI is InChI=1S/C22H22ClN3O5S/c1-13(20(27)24-11-14-3-6-18-19(9-14)31-12-30-18)32-22-25-17-10-15(23)4-5-16(17)21(28)26(22)7-8-29-2/h3-6,9-10,13H,7-8,11-12H2,1-2H3,(H,24,27)/t13-/m0/s1. The van der Waals surface area contributed by atoms with Crippen LogP contribution in [-0.4, -0.2) is 41.2 Å². The van der Waals surface area contributed by atoms with Gasteiger partial charge in [0, 0.05) is 18.7 Å². The maximum Gasteiger partial charge on any atom is 0.262 e. The van der Waals surface area contributed by atoms with Crippen molar-refractivity contribution in [2.75, 3.05) is 20.5 Å². The Labute approximate surface area is 193 Å². The number of fused-ring (bicyclic) bond motifs is 2. The fraction of sp³-hybridized carbons (Fsp3) is 0.318. The number of ether oxygens (including phenoxy) is 3. The van der Waals surface area contributed by atoms with E-state index in [0.29, 0.717) is 52.3 Å². The van der Waals surface area contributed by atoms with Crippen LogP contribution in [0.25, 0.3) is 10.9 Å². The molecule has 8 nitrogen and oxygen atoms in total. The first-order chi connectivity index (χ1) is 15.5. The highest BCUT2D eigenvalue weighted by atomic mass is 35.5. The Bertz CT molecular complexity index is 1220. The van der Waals surface area contributed by atoms with Gasteiger partial charge in [-0.15, -0.1) is 0 Å². The minimum Gasteiger partial charge on any atom is -0.454 e. The largest absolute Gasteiger partial charge is 0.454 e. The van der Waals surface area contributed by atoms with Crippen LogP contribution in [0.4, 0.5) is 0 Å². The first-order valence-electron chi connectivity index (χ1n) is 9.98. The lowest BCUT2D eigenvalue weighted by atomic mass is 10.2. The van der Waals surface area contributed by atoms with Gasteiger partial charge in [0.25, 0.3) is 5.56 Å². The van der Waals surface area contributed by atoms with Gasteiger partial charge in [0.1, 0.15) is 0 Å². The van der Waals surface area contributed by atoms with E-state index in [2.05, 4.69) is 10.3 Å². The van der Waals surface area contributed by atoms with Gasteiger partial charge in [0.15, 0.2) is 16.7 Å². The van der Waals surface area contributed by atoms with Crippen molar-refractivity contribution in [3.05, 3.63) is 57.3 Å². The Balaban J connectivity index is 1.50. The molecule has 1 aliphatic heterocycles. The molecular formula is C22H22ClN3O5S. The molecule has 10 heteroatoms. The topological polar surface area (TPSA) is 91.7 Å². The van der Waals surface area contributed by atoms with E-state index in [9.17, 15) is 9.59 Å². The number of hydrogen-bond acceptors (Lipinski definition) is 7. The Kier molecular flexibility index (Phi) is 6.88. The quantitative estimate of drug-likeness (QED) is 0.395. The monoisotopic (exact) mass is 475 g/mol. The van der Waals surface area contributed by atoms with Crippen molar-refractivity contribution in [1.29, 1.82) is 0 Å². The number of thioether (sulfide) groups is 1. The molecule has 1 aliphatic rings. The van der Waals surface area contributed by atoms with Crippen LogP contribution in [0, 0.1) is 0 Å². The number of methoxy groups -OCH3 is 1. The molecule has 3 aromatic rings. The molecule has 0 aliphatic carbocycles. The van der Waals surface area contributed by atoms with E-state index >= 15 is 0 Å². The van der Waals surface area contributed by atoms with Crippen molar-refractivity contribution in [2.24, 2.45) is 0 Å². The molecule has 0 fully saturated rings. The number of rotatable bonds is 8. The summed E-state index contributed by atoms with van der Waals surface area (Å²) in [5.41, 5.74) is 1.20. The molecule has 0 saturated carbocycles. The molecule has 168 valence electrons. The van der Waals surface area contributed by atoms with Gasteiger partial charge in [-0.2, -0.15) is 0 Å². The van der Waals surface area contributed by atoms with Gasteiger partial charge in [-0.25, -0.2) is 4.98 Å². The van der Waals surface area contributed by atoms with E-state index in [-0.39, 0.29) is 18.3 Å². The fourth-order valence-electron chi connectivity index (χ4n) is 3.24. The lowest BCUT2D eigenvalue weighted by Gasteiger charge is -2.16. The van der Waals surface area contributed by atoms with Crippen molar-refractivity contribution >= 4 is 40.2 Å². The molecule has 0 spiro atoms. The smallest absolute Gasteiger partial charge is 0.262 e. The first-order valence-corrected chi connectivity index (χ1v) is 11.2. The number of nitrogens with zero attached hydrogens (tertiary/aromatic N) is 2. The molecule has 0 saturated heterocycles. The van der Waals surface area contributed by atoms with Crippen LogP contribution in [0.2, 0.25) is 5.02 Å². The van der Waals surface area contributed by atoms with E-state index in [4.69, 9.17) is 25.8 Å². The number of hydrogen-bond donors (Lipinski definition) is 1. The number of amides is 1. The van der Waals surface area contributed by atoms with Crippen molar-refractivity contribution in [3.63, 3.8) is 0 Å². The molecule has 1 amide bonds. The molecule has 4 rings (SSSR count). The molecule has 1 aromatic heterocycles. The molecule has 0 bridgehead atoms. The highest BCUT2D eigenvalue weighted by molar-refractivity contribution is 8.00. The van der Waals surface area contributed by atoms with Gasteiger partial charge < -0.3 is 19.5 Å². The Morgan fingerprint density at radius 1 is 1.28 bits per heavy atom. The number of carbonyl (C=O) groups excluding carboxylic acids is 1. The zero-order valence-corrected chi connectivity index (χ0v) is 19.2. The van der Waals surface area contributed by atoms with Crippen molar-refractivity contribution < 1.29 is 19.0 Å². The zero-order chi connectivity index (χ0) is 22.7. The third-order valence-corrected chi connectivity index (χ3v) is 6.28. The van der Waals surface area contributed by atoms with Crippen LogP contribution in [-0.2, 0) is 22.6 Å². The molecule has 1 atom stereocenters. The lowest BCUT2D eigenvalue weighted by Crippen LogP contribution is -2.32. The summed E-state index contributed by atoms with van der Waals surface area (Å²) < 4.78 is 17.4. The van der Waals surface area contributed by atoms with Crippen LogP contribution in [0.1, 0.15) is 12.5 Å². The summed E-state index contributed by atoms with van der Waals surface area (Å²) in [6.07, 6.45) is 0. The summed E-state index contributed by atoms with van der Waals surface area (Å²) in [5.74, 6) is 1.19. The molecule has 32 heavy (non-hydrogen) atoms. The Morgan fingerprint density at radius 2 is 2.09 bits per heavy atom. The number of carbonyl (C=O) groups is 1. The van der Waals surface area contributed by atoms with Crippen LogP contribution in [0.15, 0.2) is 46.3 Å². The minimum absolute atomic E-state index is 0.175. The second-order valence-corrected chi connectivity index (χ2v) is 8.92. The van der Waals surface area contributed by atoms with Gasteiger partial charge in [0.2, 0.25) is 12.7 Å². The Hall–Kier alpha value is -2.75. The van der Waals surface area contributed by atoms with Crippen molar-refractivity contribution in [1.82, 2.24) is 14.9 Å². The van der Waals surface area contributed by atoms with Crippen LogP contribution < -0.4 is 20.3 Å². The van der Waals surface area contributed by atoms with E-state index in [0.717, 1.165) is 5.56 Å². The number of benzene rings is 2. The Morgan fingerprint density at radius 3 is 2.91 bits per heavy atom. The van der Waals surface area contributed by atoms with E-state index < -0.39 is 5.25 Å². The normalized spacial score (nSPS) is 13.3. The lowest BCUT2D eigenvalue weighted by molar-refractivity contribution is -0.120. The molecule has 1 N–H and O–H groups in total. The second kappa shape index (κ2) is 9.81. The van der Waals surface area contributed by atoms with E-state index in [1.807, 2.05) is 18.2 Å². The van der Waals surface area contributed by atoms with Crippen LogP contribution in [0.5, 0.6) is 11.5 Å². The van der Waals surface area contributed by atoms with E-state index in [1.165, 1.54) is 16.3 Å². The van der Waals surface area contributed by atoms with Crippen LogP contribution >= 0.6 is 23.4 Å². The zero-order valence-electron chi connectivity index (χ0n) is 17.6. The summed E-state index contributed by atoms with van der Waals surface area (Å²) in [4.78, 5) is 30.3. The highest BCUT2D eigenvalue weighted by Crippen LogP contribution is 2.32. The molecule has 0 radical (unpaired) electrons. The SMILES string of the molecule is COCCn1c(S[C@@H](C)C(=O)NCc2ccc3c(c2)OCO3)nc2cc(Cl)ccc2c1=O. The van der Waals surface area contributed by atoms with Gasteiger partial charge in [-0.05, 0) is 42.8 Å². The van der Waals surface area contributed by atoms with Crippen molar-refractivity contribution in [2.45, 2.75) is 30.4 Å². The molecule has 0 unspecified atom stereocenters. The fourth-order valence-corrected chi connectivity index (χ4v) is 4.36. The molecular weight excluding hydrogens is 454 g/mol. The highest BCUT2D eigenvalue weighted by Gasteiger charge is 2.20. The third-order valence-electron chi connectivity index (χ3n) is 4.96. The maximum absolute atomic E-state index is 13.0. The van der Waals surface area contributed by atoms with Crippen LogP contribution in [0.3, 0.4) is 0 Å². The van der Waals surface area contributed by atoms with Gasteiger partial charge >= 0.3 is 0 Å². The summed E-state index contributed by atoms with van der Waals surface area (Å²) in [6.45, 7) is 2.99. The molecule has 2 heterocycles. The number of aromatic nitrogens is 2. The third kappa shape index (κ3) is 4.85. The second-order valence-electron chi connectivity index (χ2n) is 7.17. The van der Waals surface area contributed by atoms with Crippen molar-refractivity contribution in [3.8, 4) is 11.5 Å². The van der Waals surface area contributed by atoms with E-state index in [1.54, 1.807) is 32.2 Å². The average molecular weight is 476 g/mol. The maximum atomic E-state index is 13.0. The summed E-state index contributed by atoms with van der Waals surface area (Å²) >= 11 is 7.30. The first kappa shape index (κ1) is 22.4.